The molecule has 0 aliphatic carbocycles. The Morgan fingerprint density at radius 3 is 2.03 bits per heavy atom. The van der Waals surface area contributed by atoms with Gasteiger partial charge in [0.1, 0.15) is 17.1 Å². The second-order valence-electron chi connectivity index (χ2n) is 9.21. The van der Waals surface area contributed by atoms with E-state index in [0.29, 0.717) is 43.6 Å². The van der Waals surface area contributed by atoms with Crippen molar-refractivity contribution >= 4 is 0 Å². The van der Waals surface area contributed by atoms with Crippen LogP contribution in [0.25, 0.3) is 11.1 Å². The Balaban J connectivity index is 1.48. The Hall–Kier alpha value is -3.18. The molecule has 0 aromatic heterocycles. The van der Waals surface area contributed by atoms with Gasteiger partial charge >= 0.3 is 6.11 Å². The summed E-state index contributed by atoms with van der Waals surface area (Å²) >= 11 is 0. The molecule has 0 amide bonds. The quantitative estimate of drug-likeness (QED) is 0.196. The summed E-state index contributed by atoms with van der Waals surface area (Å²) < 4.78 is 129. The van der Waals surface area contributed by atoms with Crippen molar-refractivity contribution < 1.29 is 49.3 Å². The van der Waals surface area contributed by atoms with E-state index in [9.17, 15) is 35.1 Å². The fourth-order valence-corrected chi connectivity index (χ4v) is 4.32. The maximum absolute atomic E-state index is 14.9. The molecule has 0 radical (unpaired) electrons. The lowest BCUT2D eigenvalue weighted by atomic mass is 9.99. The summed E-state index contributed by atoms with van der Waals surface area (Å²) in [5, 5.41) is 0. The molecule has 3 aromatic carbocycles. The minimum atomic E-state index is -4.61. The largest absolute Gasteiger partial charge is 0.429 e. The summed E-state index contributed by atoms with van der Waals surface area (Å²) in [6.07, 6.45) is -2.20. The van der Waals surface area contributed by atoms with Gasteiger partial charge in [0, 0.05) is 35.6 Å². The fourth-order valence-electron chi connectivity index (χ4n) is 4.32. The molecule has 0 unspecified atom stereocenters. The number of alkyl halides is 2. The van der Waals surface area contributed by atoms with E-state index in [-0.39, 0.29) is 17.7 Å². The maximum Gasteiger partial charge on any atom is 0.429 e. The van der Waals surface area contributed by atoms with Crippen molar-refractivity contribution in [1.29, 1.82) is 0 Å². The van der Waals surface area contributed by atoms with Crippen LogP contribution in [0.1, 0.15) is 37.3 Å². The van der Waals surface area contributed by atoms with Crippen molar-refractivity contribution in [3.63, 3.8) is 0 Å². The molecule has 1 heterocycles. The predicted octanol–water partition coefficient (Wildman–Crippen LogP) is 8.04. The Morgan fingerprint density at radius 1 is 0.769 bits per heavy atom. The van der Waals surface area contributed by atoms with E-state index in [1.807, 2.05) is 0 Å². The maximum atomic E-state index is 14.9. The van der Waals surface area contributed by atoms with E-state index in [1.165, 1.54) is 12.1 Å². The van der Waals surface area contributed by atoms with Crippen LogP contribution in [0.3, 0.4) is 0 Å². The Labute approximate surface area is 219 Å². The number of rotatable bonds is 9. The van der Waals surface area contributed by atoms with Crippen LogP contribution in [0.2, 0.25) is 0 Å². The highest BCUT2D eigenvalue weighted by Crippen LogP contribution is 2.38. The molecule has 3 aromatic rings. The molecule has 210 valence electrons. The van der Waals surface area contributed by atoms with E-state index >= 15 is 0 Å². The van der Waals surface area contributed by atoms with Gasteiger partial charge in [0.25, 0.3) is 0 Å². The molecule has 0 spiro atoms. The molecule has 0 bridgehead atoms. The third kappa shape index (κ3) is 6.52. The van der Waals surface area contributed by atoms with Crippen LogP contribution in [0, 0.1) is 40.8 Å². The average Bonchev–Trinajstić information content (AvgIpc) is 2.88. The monoisotopic (exact) mass is 560 g/mol. The average molecular weight is 560 g/mol. The highest BCUT2D eigenvalue weighted by Gasteiger charge is 2.40. The van der Waals surface area contributed by atoms with Gasteiger partial charge in [-0.25, -0.2) is 26.3 Å². The fraction of sp³-hybridized carbons (Fsp3) is 0.357. The highest BCUT2D eigenvalue weighted by molar-refractivity contribution is 5.66. The molecule has 39 heavy (non-hydrogen) atoms. The lowest BCUT2D eigenvalue weighted by Crippen LogP contribution is -2.32. The number of hydrogen-bond acceptors (Lipinski definition) is 3. The van der Waals surface area contributed by atoms with Crippen molar-refractivity contribution in [2.75, 3.05) is 13.2 Å². The third-order valence-corrected chi connectivity index (χ3v) is 6.32. The zero-order chi connectivity index (χ0) is 28.3. The van der Waals surface area contributed by atoms with Gasteiger partial charge in [-0.05, 0) is 30.5 Å². The minimum Gasteiger partial charge on any atom is -0.429 e. The van der Waals surface area contributed by atoms with Crippen molar-refractivity contribution in [1.82, 2.24) is 0 Å². The molecule has 11 heteroatoms. The molecule has 4 rings (SSSR count). The minimum absolute atomic E-state index is 0.127. The number of hydrogen-bond donors (Lipinski definition) is 0. The van der Waals surface area contributed by atoms with Crippen LogP contribution in [0.15, 0.2) is 42.5 Å². The summed E-state index contributed by atoms with van der Waals surface area (Å²) in [5.41, 5.74) is -2.08. The van der Waals surface area contributed by atoms with E-state index in [1.54, 1.807) is 0 Å². The highest BCUT2D eigenvalue weighted by atomic mass is 19.3. The normalized spacial score (nSPS) is 17.9. The molecule has 1 aliphatic rings. The van der Waals surface area contributed by atoms with Crippen LogP contribution in [-0.4, -0.2) is 19.5 Å². The van der Waals surface area contributed by atoms with Gasteiger partial charge < -0.3 is 14.2 Å². The van der Waals surface area contributed by atoms with Crippen molar-refractivity contribution in [2.24, 2.45) is 5.92 Å². The molecule has 0 saturated carbocycles. The van der Waals surface area contributed by atoms with Gasteiger partial charge in [0.15, 0.2) is 35.4 Å². The third-order valence-electron chi connectivity index (χ3n) is 6.32. The predicted molar refractivity (Wildman–Crippen MR) is 125 cm³/mol. The van der Waals surface area contributed by atoms with E-state index in [0.717, 1.165) is 25.0 Å². The molecular weight excluding hydrogens is 536 g/mol. The summed E-state index contributed by atoms with van der Waals surface area (Å²) in [7, 11) is 0. The summed E-state index contributed by atoms with van der Waals surface area (Å²) in [6.45, 7) is 3.23. The van der Waals surface area contributed by atoms with E-state index in [2.05, 4.69) is 11.7 Å². The second kappa shape index (κ2) is 11.9. The number of aryl methyl sites for hydroxylation is 1. The van der Waals surface area contributed by atoms with E-state index in [4.69, 9.17) is 9.47 Å². The van der Waals surface area contributed by atoms with Crippen LogP contribution in [0.5, 0.6) is 5.75 Å². The zero-order valence-corrected chi connectivity index (χ0v) is 20.7. The van der Waals surface area contributed by atoms with Gasteiger partial charge in [-0.2, -0.15) is 8.78 Å². The first kappa shape index (κ1) is 28.8. The van der Waals surface area contributed by atoms with Gasteiger partial charge in [-0.1, -0.05) is 31.5 Å². The molecule has 3 nitrogen and oxygen atoms in total. The molecule has 1 aliphatic heterocycles. The standard InChI is InChI=1S/C28H24F8O3/c1-2-3-16-13-37-24(38-14-16)9-5-15-4-6-18(21(29)10-15)19-7-8-20(26(33)25(19)32)28(35,36)39-17-11-22(30)27(34)23(31)12-17/h4,6-8,10-12,16,24H,2-3,5,9,13-14H2,1H3. The van der Waals surface area contributed by atoms with Crippen LogP contribution in [-0.2, 0) is 22.0 Å². The number of ether oxygens (including phenoxy) is 3. The first-order valence-corrected chi connectivity index (χ1v) is 12.2. The van der Waals surface area contributed by atoms with Gasteiger partial charge in [-0.15, -0.1) is 0 Å². The summed E-state index contributed by atoms with van der Waals surface area (Å²) in [4.78, 5) is 0. The van der Waals surface area contributed by atoms with Crippen LogP contribution >= 0.6 is 0 Å². The van der Waals surface area contributed by atoms with Crippen LogP contribution < -0.4 is 4.74 Å². The first-order chi connectivity index (χ1) is 18.5. The topological polar surface area (TPSA) is 27.7 Å². The van der Waals surface area contributed by atoms with Crippen LogP contribution in [0.4, 0.5) is 35.1 Å². The molecule has 1 fully saturated rings. The van der Waals surface area contributed by atoms with Crippen molar-refractivity contribution in [2.45, 2.75) is 45.0 Å². The second-order valence-corrected chi connectivity index (χ2v) is 9.21. The smallest absolute Gasteiger partial charge is 0.429 e. The number of halogens is 8. The summed E-state index contributed by atoms with van der Waals surface area (Å²) in [5.74, 6) is -11.1. The first-order valence-electron chi connectivity index (χ1n) is 12.2. The zero-order valence-electron chi connectivity index (χ0n) is 20.7. The lowest BCUT2D eigenvalue weighted by molar-refractivity contribution is -0.203. The Bertz CT molecular complexity index is 1300. The molecule has 0 N–H and O–H groups in total. The molecular formula is C28H24F8O3. The Morgan fingerprint density at radius 2 is 1.41 bits per heavy atom. The molecule has 0 atom stereocenters. The van der Waals surface area contributed by atoms with E-state index < -0.39 is 64.2 Å². The Kier molecular flexibility index (Phi) is 8.80. The molecule has 1 saturated heterocycles. The van der Waals surface area contributed by atoms with Crippen molar-refractivity contribution in [3.05, 3.63) is 88.5 Å². The lowest BCUT2D eigenvalue weighted by Gasteiger charge is -2.29. The van der Waals surface area contributed by atoms with Gasteiger partial charge in [-0.3, -0.25) is 0 Å². The van der Waals surface area contributed by atoms with Crippen molar-refractivity contribution in [3.8, 4) is 16.9 Å². The number of benzene rings is 3. The van der Waals surface area contributed by atoms with Gasteiger partial charge in [0.05, 0.1) is 13.2 Å². The summed E-state index contributed by atoms with van der Waals surface area (Å²) in [6, 6.07) is 5.25. The van der Waals surface area contributed by atoms with Gasteiger partial charge in [0.2, 0.25) is 0 Å². The SMILES string of the molecule is CCCC1COC(CCc2ccc(-c3ccc(C(F)(F)Oc4cc(F)c(F)c(F)c4)c(F)c3F)c(F)c2)OC1.